The van der Waals surface area contributed by atoms with Crippen molar-refractivity contribution in [1.82, 2.24) is 5.32 Å². The van der Waals surface area contributed by atoms with Crippen LogP contribution in [0, 0.1) is 0 Å². The highest BCUT2D eigenvalue weighted by atomic mass is 79.9. The van der Waals surface area contributed by atoms with Gasteiger partial charge in [-0.3, -0.25) is 9.59 Å². The van der Waals surface area contributed by atoms with E-state index in [0.717, 1.165) is 13.1 Å². The maximum absolute atomic E-state index is 11.9. The Morgan fingerprint density at radius 3 is 2.33 bits per heavy atom. The molecule has 110 valence electrons. The van der Waals surface area contributed by atoms with Crippen LogP contribution in [0.3, 0.4) is 0 Å². The van der Waals surface area contributed by atoms with Crippen LogP contribution in [0.2, 0.25) is 0 Å². The number of hydrogen-bond donors (Lipinski definition) is 1. The third-order valence-corrected chi connectivity index (χ3v) is 4.99. The SMILES string of the molecule is O=C(CCC(=O)c1ccc(Br)cc1)NCc1ccc(Br)s1. The first kappa shape index (κ1) is 16.4. The molecule has 1 amide bonds. The van der Waals surface area contributed by atoms with Gasteiger partial charge >= 0.3 is 0 Å². The summed E-state index contributed by atoms with van der Waals surface area (Å²) >= 11 is 8.28. The lowest BCUT2D eigenvalue weighted by molar-refractivity contribution is -0.121. The number of nitrogens with one attached hydrogen (secondary N) is 1. The van der Waals surface area contributed by atoms with Crippen molar-refractivity contribution in [2.75, 3.05) is 0 Å². The quantitative estimate of drug-likeness (QED) is 0.683. The summed E-state index contributed by atoms with van der Waals surface area (Å²) in [5.41, 5.74) is 0.633. The minimum atomic E-state index is -0.106. The topological polar surface area (TPSA) is 46.2 Å². The average molecular weight is 431 g/mol. The van der Waals surface area contributed by atoms with Gasteiger partial charge < -0.3 is 5.32 Å². The summed E-state index contributed by atoms with van der Waals surface area (Å²) in [5, 5.41) is 2.82. The number of benzene rings is 1. The number of carbonyl (C=O) groups is 2. The fourth-order valence-corrected chi connectivity index (χ4v) is 3.42. The Morgan fingerprint density at radius 2 is 1.71 bits per heavy atom. The molecule has 21 heavy (non-hydrogen) atoms. The van der Waals surface area contributed by atoms with Gasteiger partial charge in [0.15, 0.2) is 5.78 Å². The van der Waals surface area contributed by atoms with E-state index in [1.165, 1.54) is 0 Å². The maximum atomic E-state index is 11.9. The highest BCUT2D eigenvalue weighted by Gasteiger charge is 2.09. The molecular formula is C15H13Br2NO2S. The van der Waals surface area contributed by atoms with Crippen LogP contribution in [0.15, 0.2) is 44.7 Å². The molecule has 0 aliphatic rings. The zero-order chi connectivity index (χ0) is 15.2. The van der Waals surface area contributed by atoms with Crippen LogP contribution in [0.4, 0.5) is 0 Å². The summed E-state index contributed by atoms with van der Waals surface area (Å²) in [5.74, 6) is -0.124. The first-order chi connectivity index (χ1) is 10.0. The van der Waals surface area contributed by atoms with Gasteiger partial charge in [-0.15, -0.1) is 11.3 Å². The van der Waals surface area contributed by atoms with Gasteiger partial charge in [-0.1, -0.05) is 28.1 Å². The number of rotatable bonds is 6. The number of Topliss-reactive ketones (excluding diaryl/α,β-unsaturated/α-hetero) is 1. The van der Waals surface area contributed by atoms with Gasteiger partial charge in [-0.2, -0.15) is 0 Å². The number of carbonyl (C=O) groups excluding carboxylic acids is 2. The van der Waals surface area contributed by atoms with Gasteiger partial charge in [0, 0.05) is 27.8 Å². The van der Waals surface area contributed by atoms with E-state index in [9.17, 15) is 9.59 Å². The monoisotopic (exact) mass is 429 g/mol. The minimum absolute atomic E-state index is 0.0171. The van der Waals surface area contributed by atoms with Crippen LogP contribution in [0.1, 0.15) is 28.1 Å². The molecule has 0 atom stereocenters. The number of halogens is 2. The smallest absolute Gasteiger partial charge is 0.220 e. The third kappa shape index (κ3) is 5.37. The van der Waals surface area contributed by atoms with Crippen molar-refractivity contribution < 1.29 is 9.59 Å². The molecule has 1 heterocycles. The second-order valence-corrected chi connectivity index (χ2v) is 7.88. The Balaban J connectivity index is 1.75. The number of thiophene rings is 1. The van der Waals surface area contributed by atoms with Crippen LogP contribution < -0.4 is 5.32 Å². The minimum Gasteiger partial charge on any atom is -0.351 e. The standard InChI is InChI=1S/C15H13Br2NO2S/c16-11-3-1-10(2-4-11)13(19)6-8-15(20)18-9-12-5-7-14(17)21-12/h1-5,7H,6,8-9H2,(H,18,20). The molecule has 3 nitrogen and oxygen atoms in total. The molecule has 0 fully saturated rings. The predicted octanol–water partition coefficient (Wildman–Crippen LogP) is 4.55. The molecule has 1 N–H and O–H groups in total. The second-order valence-electron chi connectivity index (χ2n) is 4.41. The summed E-state index contributed by atoms with van der Waals surface area (Å²) in [6, 6.07) is 11.1. The average Bonchev–Trinajstić information content (AvgIpc) is 2.89. The Morgan fingerprint density at radius 1 is 1.00 bits per heavy atom. The number of hydrogen-bond acceptors (Lipinski definition) is 3. The summed E-state index contributed by atoms with van der Waals surface area (Å²) in [7, 11) is 0. The van der Waals surface area contributed by atoms with Gasteiger partial charge in [0.25, 0.3) is 0 Å². The number of ketones is 1. The van der Waals surface area contributed by atoms with Crippen LogP contribution >= 0.6 is 43.2 Å². The molecule has 0 saturated carbocycles. The Labute approximate surface area is 144 Å². The Kier molecular flexibility index (Phi) is 6.14. The third-order valence-electron chi connectivity index (χ3n) is 2.83. The van der Waals surface area contributed by atoms with Gasteiger partial charge in [-0.25, -0.2) is 0 Å². The lowest BCUT2D eigenvalue weighted by Crippen LogP contribution is -2.22. The van der Waals surface area contributed by atoms with Gasteiger partial charge in [0.05, 0.1) is 10.3 Å². The molecular weight excluding hydrogens is 418 g/mol. The molecule has 2 aromatic rings. The van der Waals surface area contributed by atoms with E-state index in [4.69, 9.17) is 0 Å². The largest absolute Gasteiger partial charge is 0.351 e. The molecule has 2 rings (SSSR count). The van der Waals surface area contributed by atoms with E-state index in [0.29, 0.717) is 12.1 Å². The van der Waals surface area contributed by atoms with Crippen molar-refractivity contribution in [3.63, 3.8) is 0 Å². The summed E-state index contributed by atoms with van der Waals surface area (Å²) in [6.45, 7) is 0.502. The molecule has 1 aromatic carbocycles. The Hall–Kier alpha value is -0.980. The van der Waals surface area contributed by atoms with E-state index in [2.05, 4.69) is 37.2 Å². The predicted molar refractivity (Wildman–Crippen MR) is 91.6 cm³/mol. The van der Waals surface area contributed by atoms with Crippen LogP contribution in [0.25, 0.3) is 0 Å². The van der Waals surface area contributed by atoms with Crippen LogP contribution in [-0.2, 0) is 11.3 Å². The normalized spacial score (nSPS) is 10.4. The van der Waals surface area contributed by atoms with E-state index in [1.807, 2.05) is 24.3 Å². The van der Waals surface area contributed by atoms with Gasteiger partial charge in [0.1, 0.15) is 0 Å². The molecule has 6 heteroatoms. The fourth-order valence-electron chi connectivity index (χ4n) is 1.73. The lowest BCUT2D eigenvalue weighted by Gasteiger charge is -2.04. The summed E-state index contributed by atoms with van der Waals surface area (Å²) in [4.78, 5) is 24.8. The maximum Gasteiger partial charge on any atom is 0.220 e. The van der Waals surface area contributed by atoms with Gasteiger partial charge in [-0.05, 0) is 40.2 Å². The molecule has 0 bridgehead atoms. The molecule has 1 aromatic heterocycles. The van der Waals surface area contributed by atoms with Crippen molar-refractivity contribution in [2.24, 2.45) is 0 Å². The van der Waals surface area contributed by atoms with Crippen molar-refractivity contribution in [2.45, 2.75) is 19.4 Å². The molecule has 0 saturated heterocycles. The second kappa shape index (κ2) is 7.87. The zero-order valence-corrected chi connectivity index (χ0v) is 15.1. The first-order valence-electron chi connectivity index (χ1n) is 6.34. The summed E-state index contributed by atoms with van der Waals surface area (Å²) in [6.07, 6.45) is 0.434. The highest BCUT2D eigenvalue weighted by molar-refractivity contribution is 9.11. The lowest BCUT2D eigenvalue weighted by atomic mass is 10.1. The first-order valence-corrected chi connectivity index (χ1v) is 8.74. The van der Waals surface area contributed by atoms with E-state index in [-0.39, 0.29) is 24.5 Å². The molecule has 0 unspecified atom stereocenters. The van der Waals surface area contributed by atoms with Crippen LogP contribution in [-0.4, -0.2) is 11.7 Å². The molecule has 0 aliphatic carbocycles. The molecule has 0 aliphatic heterocycles. The van der Waals surface area contributed by atoms with E-state index < -0.39 is 0 Å². The molecule has 0 spiro atoms. The summed E-state index contributed by atoms with van der Waals surface area (Å²) < 4.78 is 1.97. The highest BCUT2D eigenvalue weighted by Crippen LogP contribution is 2.21. The van der Waals surface area contributed by atoms with Crippen molar-refractivity contribution in [3.8, 4) is 0 Å². The van der Waals surface area contributed by atoms with E-state index >= 15 is 0 Å². The van der Waals surface area contributed by atoms with Gasteiger partial charge in [0.2, 0.25) is 5.91 Å². The zero-order valence-electron chi connectivity index (χ0n) is 11.1. The van der Waals surface area contributed by atoms with Crippen molar-refractivity contribution >= 4 is 54.9 Å². The van der Waals surface area contributed by atoms with Crippen molar-refractivity contribution in [3.05, 3.63) is 55.1 Å². The fraction of sp³-hybridized carbons (Fsp3) is 0.200. The van der Waals surface area contributed by atoms with Crippen LogP contribution in [0.5, 0.6) is 0 Å². The van der Waals surface area contributed by atoms with Crippen molar-refractivity contribution in [1.29, 1.82) is 0 Å². The van der Waals surface area contributed by atoms with E-state index in [1.54, 1.807) is 23.5 Å². The Bertz CT molecular complexity index is 637. The number of amides is 1. The molecule has 0 radical (unpaired) electrons.